The fourth-order valence-corrected chi connectivity index (χ4v) is 2.23. The molecule has 0 aliphatic rings. The molecule has 0 saturated heterocycles. The summed E-state index contributed by atoms with van der Waals surface area (Å²) in [5.41, 5.74) is 2.87. The fourth-order valence-electron chi connectivity index (χ4n) is 2.23. The van der Waals surface area contributed by atoms with E-state index >= 15 is 0 Å². The van der Waals surface area contributed by atoms with Gasteiger partial charge in [-0.1, -0.05) is 30.3 Å². The maximum Gasteiger partial charge on any atom is 0.673 e. The highest BCUT2D eigenvalue weighted by molar-refractivity contribution is 6.50. The summed E-state index contributed by atoms with van der Waals surface area (Å²) in [7, 11) is -4.18. The van der Waals surface area contributed by atoms with Crippen LogP contribution in [0.1, 0.15) is 11.3 Å². The van der Waals surface area contributed by atoms with Gasteiger partial charge in [-0.25, -0.2) is 4.52 Å². The van der Waals surface area contributed by atoms with Gasteiger partial charge >= 0.3 is 7.25 Å². The Hall–Kier alpha value is -3.43. The minimum absolute atomic E-state index is 0.0638. The van der Waals surface area contributed by atoms with Gasteiger partial charge in [0.25, 0.3) is 11.4 Å². The third kappa shape index (κ3) is 6.71. The molecule has 28 heavy (non-hydrogen) atoms. The first kappa shape index (κ1) is 20.9. The summed E-state index contributed by atoms with van der Waals surface area (Å²) in [5.74, 6) is 0.662. The molecule has 0 aliphatic heterocycles. The molecule has 0 aliphatic carbocycles. The molecule has 0 amide bonds. The van der Waals surface area contributed by atoms with Gasteiger partial charge in [0.05, 0.1) is 11.0 Å². The average molecular weight is 394 g/mol. The van der Waals surface area contributed by atoms with Gasteiger partial charge in [0.2, 0.25) is 5.76 Å². The lowest BCUT2D eigenvalue weighted by atomic mass is 10.1. The number of aromatic nitrogens is 1. The molecule has 3 rings (SSSR count). The summed E-state index contributed by atoms with van der Waals surface area (Å²) in [6.45, 7) is 0. The van der Waals surface area contributed by atoms with E-state index in [1.54, 1.807) is 16.9 Å². The van der Waals surface area contributed by atoms with Gasteiger partial charge in [0.1, 0.15) is 0 Å². The van der Waals surface area contributed by atoms with Gasteiger partial charge in [-0.3, -0.25) is 10.1 Å². The van der Waals surface area contributed by atoms with Crippen LogP contribution in [-0.4, -0.2) is 12.2 Å². The van der Waals surface area contributed by atoms with Crippen LogP contribution in [0.5, 0.6) is 0 Å². The minimum Gasteiger partial charge on any atom is -0.418 e. The van der Waals surface area contributed by atoms with E-state index in [1.807, 2.05) is 55.6 Å². The Kier molecular flexibility index (Phi) is 6.70. The van der Waals surface area contributed by atoms with E-state index in [-0.39, 0.29) is 5.69 Å². The van der Waals surface area contributed by atoms with Gasteiger partial charge in [0.15, 0.2) is 7.05 Å². The first-order valence-electron chi connectivity index (χ1n) is 7.99. The zero-order valence-corrected chi connectivity index (χ0v) is 14.6. The summed E-state index contributed by atoms with van der Waals surface area (Å²) < 4.78 is 46.3. The number of rotatable bonds is 4. The molecule has 0 N–H and O–H groups in total. The van der Waals surface area contributed by atoms with E-state index in [1.165, 1.54) is 12.1 Å². The Morgan fingerprint density at radius 2 is 1.57 bits per heavy atom. The van der Waals surface area contributed by atoms with Crippen LogP contribution in [-0.2, 0) is 7.05 Å². The molecule has 1 aromatic heterocycles. The largest absolute Gasteiger partial charge is 0.673 e. The number of non-ortho nitro benzene ring substituents is 1. The highest BCUT2D eigenvalue weighted by atomic mass is 19.5. The molecule has 0 fully saturated rings. The maximum atomic E-state index is 10.7. The van der Waals surface area contributed by atoms with Crippen LogP contribution < -0.4 is 4.74 Å². The van der Waals surface area contributed by atoms with E-state index in [9.17, 15) is 27.4 Å². The van der Waals surface area contributed by atoms with E-state index in [0.29, 0.717) is 5.76 Å². The Morgan fingerprint density at radius 3 is 2.11 bits per heavy atom. The van der Waals surface area contributed by atoms with Crippen LogP contribution in [0, 0.1) is 10.1 Å². The monoisotopic (exact) mass is 394 g/mol. The number of nitro groups is 1. The number of benzene rings is 2. The number of halogens is 4. The summed E-state index contributed by atoms with van der Waals surface area (Å²) in [6.07, 6.45) is 3.97. The van der Waals surface area contributed by atoms with Crippen LogP contribution >= 0.6 is 0 Å². The zero-order valence-electron chi connectivity index (χ0n) is 14.6. The second-order valence-corrected chi connectivity index (χ2v) is 5.57. The third-order valence-electron chi connectivity index (χ3n) is 3.49. The number of hydrogen-bond acceptors (Lipinski definition) is 3. The molecular weight excluding hydrogens is 379 g/mol. The molecule has 10 heteroatoms. The molecular formula is C18H15BF4N2O3. The van der Waals surface area contributed by atoms with Crippen molar-refractivity contribution < 1.29 is 31.4 Å². The molecule has 0 bridgehead atoms. The van der Waals surface area contributed by atoms with E-state index in [4.69, 9.17) is 4.52 Å². The van der Waals surface area contributed by atoms with Crippen LogP contribution in [0.25, 0.3) is 23.5 Å². The van der Waals surface area contributed by atoms with E-state index in [2.05, 4.69) is 0 Å². The average Bonchev–Trinajstić information content (AvgIpc) is 3.00. The second kappa shape index (κ2) is 8.98. The Bertz CT molecular complexity index is 949. The lowest BCUT2D eigenvalue weighted by molar-refractivity contribution is -0.844. The highest BCUT2D eigenvalue weighted by Crippen LogP contribution is 2.23. The number of hydrogen-bond donors (Lipinski definition) is 0. The lowest BCUT2D eigenvalue weighted by Gasteiger charge is -1.94. The standard InChI is InChI=1S/C18H15N2O3.BF4/c1-19-17(10-7-14-5-3-2-4-6-14)13-18(23-19)15-8-11-16(12-9-15)20(21)22;2-1(3,4)5/h2-13H,1H3;/q+1;-1/b10-7+;. The zero-order chi connectivity index (χ0) is 20.7. The first-order valence-corrected chi connectivity index (χ1v) is 7.99. The normalized spacial score (nSPS) is 11.2. The van der Waals surface area contributed by atoms with Crippen molar-refractivity contribution in [1.82, 2.24) is 0 Å². The summed E-state index contributed by atoms with van der Waals surface area (Å²) in [4.78, 5) is 10.3. The SMILES string of the molecule is C[n+]1oc(-c2ccc([N+](=O)[O-])cc2)cc1/C=C/c1ccccc1.F[B-](F)(F)F. The Labute approximate surface area is 157 Å². The van der Waals surface area contributed by atoms with Crippen LogP contribution in [0.3, 0.4) is 0 Å². The summed E-state index contributed by atoms with van der Waals surface area (Å²) in [5, 5.41) is 10.7. The predicted molar refractivity (Wildman–Crippen MR) is 97.5 cm³/mol. The topological polar surface area (TPSA) is 60.2 Å². The highest BCUT2D eigenvalue weighted by Gasteiger charge is 2.20. The molecule has 2 aromatic carbocycles. The van der Waals surface area contributed by atoms with Crippen molar-refractivity contribution in [3.8, 4) is 11.3 Å². The number of nitro benzene ring substituents is 1. The molecule has 146 valence electrons. The minimum atomic E-state index is -6.00. The van der Waals surface area contributed by atoms with Crippen molar-refractivity contribution in [1.29, 1.82) is 0 Å². The van der Waals surface area contributed by atoms with Crippen LogP contribution in [0.2, 0.25) is 0 Å². The van der Waals surface area contributed by atoms with Gasteiger partial charge < -0.3 is 17.3 Å². The van der Waals surface area contributed by atoms with Crippen molar-refractivity contribution in [3.63, 3.8) is 0 Å². The Balaban J connectivity index is 0.000000500. The molecule has 0 saturated carbocycles. The van der Waals surface area contributed by atoms with Crippen molar-refractivity contribution in [2.45, 2.75) is 0 Å². The Morgan fingerprint density at radius 1 is 1.00 bits per heavy atom. The van der Waals surface area contributed by atoms with Crippen molar-refractivity contribution in [2.24, 2.45) is 7.05 Å². The van der Waals surface area contributed by atoms with Gasteiger partial charge in [-0.05, 0) is 28.5 Å². The molecule has 3 aromatic rings. The molecule has 5 nitrogen and oxygen atoms in total. The van der Waals surface area contributed by atoms with Crippen LogP contribution in [0.15, 0.2) is 65.2 Å². The molecule has 0 atom stereocenters. The second-order valence-electron chi connectivity index (χ2n) is 5.57. The molecule has 0 unspecified atom stereocenters. The van der Waals surface area contributed by atoms with Crippen molar-refractivity contribution in [2.75, 3.05) is 0 Å². The third-order valence-corrected chi connectivity index (χ3v) is 3.49. The maximum absolute atomic E-state index is 10.7. The quantitative estimate of drug-likeness (QED) is 0.202. The predicted octanol–water partition coefficient (Wildman–Crippen LogP) is 5.15. The molecule has 1 heterocycles. The summed E-state index contributed by atoms with van der Waals surface area (Å²) >= 11 is 0. The molecule has 0 radical (unpaired) electrons. The summed E-state index contributed by atoms with van der Waals surface area (Å²) in [6, 6.07) is 18.2. The van der Waals surface area contributed by atoms with Crippen LogP contribution in [0.4, 0.5) is 23.0 Å². The van der Waals surface area contributed by atoms with Gasteiger partial charge in [0, 0.05) is 23.8 Å². The number of aryl methyl sites for hydroxylation is 1. The first-order chi connectivity index (χ1) is 13.1. The van der Waals surface area contributed by atoms with Crippen molar-refractivity contribution in [3.05, 3.63) is 82.0 Å². The van der Waals surface area contributed by atoms with Gasteiger partial charge in [-0.2, -0.15) is 0 Å². The van der Waals surface area contributed by atoms with Crippen molar-refractivity contribution >= 4 is 25.1 Å². The number of nitrogens with zero attached hydrogens (tertiary/aromatic N) is 2. The lowest BCUT2D eigenvalue weighted by Crippen LogP contribution is -2.27. The smallest absolute Gasteiger partial charge is 0.418 e. The van der Waals surface area contributed by atoms with E-state index < -0.39 is 12.2 Å². The van der Waals surface area contributed by atoms with Gasteiger partial charge in [-0.15, -0.1) is 0 Å². The fraction of sp³-hybridized carbons (Fsp3) is 0.0556. The van der Waals surface area contributed by atoms with E-state index in [0.717, 1.165) is 16.8 Å². The molecule has 0 spiro atoms.